The van der Waals surface area contributed by atoms with Crippen molar-refractivity contribution in [1.29, 1.82) is 0 Å². The second-order valence-corrected chi connectivity index (χ2v) is 4.68. The van der Waals surface area contributed by atoms with Gasteiger partial charge in [0.05, 0.1) is 5.54 Å². The van der Waals surface area contributed by atoms with Crippen molar-refractivity contribution in [3.05, 3.63) is 5.82 Å². The van der Waals surface area contributed by atoms with Crippen molar-refractivity contribution < 1.29 is 4.39 Å². The van der Waals surface area contributed by atoms with Crippen LogP contribution in [0, 0.1) is 0 Å². The van der Waals surface area contributed by atoms with Gasteiger partial charge in [0.25, 0.3) is 5.95 Å². The summed E-state index contributed by atoms with van der Waals surface area (Å²) in [6, 6.07) is 0. The van der Waals surface area contributed by atoms with Gasteiger partial charge in [-0.2, -0.15) is 20.1 Å². The summed E-state index contributed by atoms with van der Waals surface area (Å²) >= 11 is 0. The van der Waals surface area contributed by atoms with Crippen LogP contribution in [-0.2, 0) is 6.67 Å². The van der Waals surface area contributed by atoms with Gasteiger partial charge in [-0.3, -0.25) is 0 Å². The number of hydrogen-bond donors (Lipinski definition) is 1. The molecule has 0 bridgehead atoms. The highest BCUT2D eigenvalue weighted by molar-refractivity contribution is 5.86. The fourth-order valence-electron chi connectivity index (χ4n) is 1.94. The molecule has 1 aromatic rings. The van der Waals surface area contributed by atoms with Crippen molar-refractivity contribution in [3.63, 3.8) is 0 Å². The monoisotopic (exact) mass is 238 g/mol. The predicted molar refractivity (Wildman–Crippen MR) is 63.3 cm³/mol. The normalized spacial score (nSPS) is 18.4. The minimum atomic E-state index is -0.767. The first-order valence-corrected chi connectivity index (χ1v) is 5.33. The number of alkyl halides is 1. The molecule has 0 spiro atoms. The van der Waals surface area contributed by atoms with Crippen LogP contribution in [0.25, 0.3) is 0 Å². The SMILES string of the molecule is CC1=NN(c2nc(N)nc(CF)n2)C(C)(C)C1. The molecule has 1 aliphatic heterocycles. The molecule has 0 saturated heterocycles. The zero-order valence-electron chi connectivity index (χ0n) is 10.1. The molecule has 17 heavy (non-hydrogen) atoms. The third-order valence-electron chi connectivity index (χ3n) is 2.53. The smallest absolute Gasteiger partial charge is 0.251 e. The third kappa shape index (κ3) is 2.17. The number of nitrogens with zero attached hydrogens (tertiary/aromatic N) is 5. The zero-order chi connectivity index (χ0) is 12.6. The molecule has 2 heterocycles. The molecule has 2 N–H and O–H groups in total. The largest absolute Gasteiger partial charge is 0.368 e. The Balaban J connectivity index is 2.43. The van der Waals surface area contributed by atoms with Gasteiger partial charge in [-0.05, 0) is 20.8 Å². The highest BCUT2D eigenvalue weighted by Crippen LogP contribution is 2.30. The van der Waals surface area contributed by atoms with Gasteiger partial charge in [0.2, 0.25) is 5.95 Å². The molecule has 1 aromatic heterocycles. The standard InChI is InChI=1S/C10H15FN6/c1-6-4-10(2,3)17(16-6)9-14-7(5-11)13-8(12)15-9/h4-5H2,1-3H3,(H2,12,13,14,15). The molecule has 0 saturated carbocycles. The van der Waals surface area contributed by atoms with Crippen LogP contribution in [0.4, 0.5) is 16.3 Å². The summed E-state index contributed by atoms with van der Waals surface area (Å²) in [5, 5.41) is 6.01. The van der Waals surface area contributed by atoms with Crippen molar-refractivity contribution in [1.82, 2.24) is 15.0 Å². The fourth-order valence-corrected chi connectivity index (χ4v) is 1.94. The van der Waals surface area contributed by atoms with E-state index in [0.717, 1.165) is 12.1 Å². The van der Waals surface area contributed by atoms with E-state index >= 15 is 0 Å². The van der Waals surface area contributed by atoms with Crippen LogP contribution in [0.15, 0.2) is 5.10 Å². The predicted octanol–water partition coefficient (Wildman–Crippen LogP) is 1.29. The molecule has 7 heteroatoms. The van der Waals surface area contributed by atoms with E-state index in [4.69, 9.17) is 5.73 Å². The number of hydrazone groups is 1. The van der Waals surface area contributed by atoms with Crippen molar-refractivity contribution >= 4 is 17.6 Å². The molecular weight excluding hydrogens is 223 g/mol. The molecule has 0 radical (unpaired) electrons. The Morgan fingerprint density at radius 2 is 2.06 bits per heavy atom. The number of halogens is 1. The molecule has 0 amide bonds. The minimum Gasteiger partial charge on any atom is -0.368 e. The maximum atomic E-state index is 12.6. The number of aromatic nitrogens is 3. The van der Waals surface area contributed by atoms with Crippen LogP contribution in [-0.4, -0.2) is 26.2 Å². The second kappa shape index (κ2) is 3.90. The topological polar surface area (TPSA) is 80.3 Å². The molecule has 6 nitrogen and oxygen atoms in total. The summed E-state index contributed by atoms with van der Waals surface area (Å²) in [6.07, 6.45) is 0.809. The van der Waals surface area contributed by atoms with Gasteiger partial charge in [0.15, 0.2) is 5.82 Å². The average molecular weight is 238 g/mol. The van der Waals surface area contributed by atoms with Gasteiger partial charge >= 0.3 is 0 Å². The molecule has 0 aliphatic carbocycles. The number of rotatable bonds is 2. The van der Waals surface area contributed by atoms with Crippen LogP contribution in [0.5, 0.6) is 0 Å². The van der Waals surface area contributed by atoms with Gasteiger partial charge in [0.1, 0.15) is 6.67 Å². The maximum Gasteiger partial charge on any atom is 0.251 e. The lowest BCUT2D eigenvalue weighted by Crippen LogP contribution is -2.37. The first-order chi connectivity index (χ1) is 7.92. The van der Waals surface area contributed by atoms with E-state index in [1.807, 2.05) is 20.8 Å². The van der Waals surface area contributed by atoms with E-state index < -0.39 is 6.67 Å². The van der Waals surface area contributed by atoms with E-state index in [1.54, 1.807) is 5.01 Å². The van der Waals surface area contributed by atoms with E-state index in [2.05, 4.69) is 20.1 Å². The molecule has 92 valence electrons. The van der Waals surface area contributed by atoms with Gasteiger partial charge in [-0.25, -0.2) is 9.40 Å². The quantitative estimate of drug-likeness (QED) is 0.839. The van der Waals surface area contributed by atoms with E-state index in [1.165, 1.54) is 0 Å². The maximum absolute atomic E-state index is 12.6. The lowest BCUT2D eigenvalue weighted by Gasteiger charge is -2.28. The summed E-state index contributed by atoms with van der Waals surface area (Å²) < 4.78 is 12.6. The summed E-state index contributed by atoms with van der Waals surface area (Å²) in [5.41, 5.74) is 6.27. The first kappa shape index (κ1) is 11.7. The Bertz CT molecular complexity index is 470. The number of anilines is 2. The van der Waals surface area contributed by atoms with Gasteiger partial charge in [-0.15, -0.1) is 0 Å². The summed E-state index contributed by atoms with van der Waals surface area (Å²) in [5.74, 6) is 0.341. The Hall–Kier alpha value is -1.79. The molecule has 1 aliphatic rings. The van der Waals surface area contributed by atoms with E-state index in [-0.39, 0.29) is 17.3 Å². The van der Waals surface area contributed by atoms with Crippen molar-refractivity contribution in [2.75, 3.05) is 10.7 Å². The molecule has 0 fully saturated rings. The van der Waals surface area contributed by atoms with Crippen molar-refractivity contribution in [3.8, 4) is 0 Å². The number of nitrogens with two attached hydrogens (primary N) is 1. The second-order valence-electron chi connectivity index (χ2n) is 4.68. The van der Waals surface area contributed by atoms with E-state index in [9.17, 15) is 4.39 Å². The third-order valence-corrected chi connectivity index (χ3v) is 2.53. The van der Waals surface area contributed by atoms with Crippen LogP contribution in [0.3, 0.4) is 0 Å². The van der Waals surface area contributed by atoms with Crippen LogP contribution < -0.4 is 10.7 Å². The molecule has 0 aromatic carbocycles. The Kier molecular flexibility index (Phi) is 2.68. The van der Waals surface area contributed by atoms with Crippen LogP contribution in [0.1, 0.15) is 33.0 Å². The zero-order valence-corrected chi connectivity index (χ0v) is 10.1. The van der Waals surface area contributed by atoms with Gasteiger partial charge < -0.3 is 5.73 Å². The lowest BCUT2D eigenvalue weighted by atomic mass is 9.99. The molecule has 2 rings (SSSR count). The Labute approximate surface area is 98.8 Å². The highest BCUT2D eigenvalue weighted by atomic mass is 19.1. The van der Waals surface area contributed by atoms with Crippen LogP contribution in [0.2, 0.25) is 0 Å². The Morgan fingerprint density at radius 3 is 2.59 bits per heavy atom. The number of nitrogen functional groups attached to an aromatic ring is 1. The summed E-state index contributed by atoms with van der Waals surface area (Å²) in [7, 11) is 0. The minimum absolute atomic E-state index is 0.0122. The van der Waals surface area contributed by atoms with Gasteiger partial charge in [-0.1, -0.05) is 0 Å². The van der Waals surface area contributed by atoms with Crippen molar-refractivity contribution in [2.24, 2.45) is 5.10 Å². The van der Waals surface area contributed by atoms with E-state index in [0.29, 0.717) is 5.95 Å². The molecular formula is C10H15FN6. The summed E-state index contributed by atoms with van der Waals surface area (Å²) in [6.45, 7) is 5.20. The highest BCUT2D eigenvalue weighted by Gasteiger charge is 2.35. The lowest BCUT2D eigenvalue weighted by molar-refractivity contribution is 0.459. The van der Waals surface area contributed by atoms with Crippen LogP contribution >= 0.6 is 0 Å². The van der Waals surface area contributed by atoms with Crippen molar-refractivity contribution in [2.45, 2.75) is 39.4 Å². The Morgan fingerprint density at radius 1 is 1.35 bits per heavy atom. The number of hydrogen-bond acceptors (Lipinski definition) is 6. The van der Waals surface area contributed by atoms with Gasteiger partial charge in [0, 0.05) is 12.1 Å². The first-order valence-electron chi connectivity index (χ1n) is 5.33. The fraction of sp³-hybridized carbons (Fsp3) is 0.600. The molecule has 0 atom stereocenters. The summed E-state index contributed by atoms with van der Waals surface area (Å²) in [4.78, 5) is 11.7. The average Bonchev–Trinajstić information content (AvgIpc) is 2.51. The molecule has 0 unspecified atom stereocenters.